The predicted octanol–water partition coefficient (Wildman–Crippen LogP) is 3.95. The molecule has 1 aliphatic heterocycles. The molecular formula is C17H15F5N2O4. The highest BCUT2D eigenvalue weighted by atomic mass is 19.4. The molecule has 1 aliphatic rings. The minimum atomic E-state index is -5.20. The van der Waals surface area contributed by atoms with E-state index < -0.39 is 47.0 Å². The van der Waals surface area contributed by atoms with Gasteiger partial charge in [-0.05, 0) is 30.5 Å². The lowest BCUT2D eigenvalue weighted by Crippen LogP contribution is -2.40. The first-order valence-corrected chi connectivity index (χ1v) is 8.21. The minimum Gasteiger partial charge on any atom is -0.453 e. The Morgan fingerprint density at radius 3 is 2.39 bits per heavy atom. The zero-order chi connectivity index (χ0) is 20.6. The van der Waals surface area contributed by atoms with Crippen LogP contribution in [0.15, 0.2) is 27.5 Å². The van der Waals surface area contributed by atoms with Crippen LogP contribution in [0.2, 0.25) is 0 Å². The molecule has 152 valence electrons. The van der Waals surface area contributed by atoms with Gasteiger partial charge in [-0.2, -0.15) is 18.3 Å². The molecule has 3 rings (SSSR count). The van der Waals surface area contributed by atoms with Crippen molar-refractivity contribution in [3.05, 3.63) is 57.1 Å². The van der Waals surface area contributed by atoms with Crippen molar-refractivity contribution >= 4 is 6.09 Å². The maximum atomic E-state index is 14.0. The van der Waals surface area contributed by atoms with Crippen LogP contribution in [0, 0.1) is 11.6 Å². The van der Waals surface area contributed by atoms with Gasteiger partial charge < -0.3 is 14.2 Å². The molecule has 2 atom stereocenters. The summed E-state index contributed by atoms with van der Waals surface area (Å²) in [6, 6.07) is 1.35. The number of carbonyl (C=O) groups excluding carboxylic acids is 1. The Hall–Kier alpha value is -2.85. The molecule has 0 aliphatic carbocycles. The summed E-state index contributed by atoms with van der Waals surface area (Å²) in [6.07, 6.45) is -5.56. The third kappa shape index (κ3) is 3.73. The number of nitrogens with one attached hydrogen (secondary N) is 1. The Labute approximate surface area is 154 Å². The Bertz CT molecular complexity index is 913. The van der Waals surface area contributed by atoms with Crippen molar-refractivity contribution in [1.82, 2.24) is 10.1 Å². The fourth-order valence-electron chi connectivity index (χ4n) is 3.43. The second-order valence-corrected chi connectivity index (χ2v) is 6.37. The second kappa shape index (κ2) is 7.28. The topological polar surface area (TPSA) is 75.5 Å². The first-order valence-electron chi connectivity index (χ1n) is 8.21. The molecule has 0 bridgehead atoms. The molecule has 2 aromatic rings. The molecule has 1 saturated heterocycles. The SMILES string of the molecule is COC(=O)N1CC[C@@H](c2cc(=O)[nH]o2)C[C@@H]1c1cc(F)c(C(F)(F)F)c(F)c1. The average molecular weight is 406 g/mol. The van der Waals surface area contributed by atoms with Crippen LogP contribution in [0.1, 0.15) is 41.7 Å². The summed E-state index contributed by atoms with van der Waals surface area (Å²) < 4.78 is 76.2. The fourth-order valence-corrected chi connectivity index (χ4v) is 3.43. The van der Waals surface area contributed by atoms with Crippen molar-refractivity contribution < 1.29 is 36.0 Å². The van der Waals surface area contributed by atoms with Crippen LogP contribution < -0.4 is 5.56 Å². The lowest BCUT2D eigenvalue weighted by atomic mass is 9.85. The standard InChI is InChI=1S/C17H15F5N2O4/c1-27-16(26)24-3-2-8(13-7-14(25)23-28-13)6-12(24)9-4-10(18)15(11(19)5-9)17(20,21)22/h4-5,7-8,12H,2-3,6H2,1H3,(H,23,25)/t8-,12-/m1/s1. The molecular weight excluding hydrogens is 391 g/mol. The van der Waals surface area contributed by atoms with Gasteiger partial charge >= 0.3 is 12.3 Å². The number of likely N-dealkylation sites (tertiary alicyclic amines) is 1. The molecule has 1 aromatic heterocycles. The van der Waals surface area contributed by atoms with Crippen LogP contribution in [-0.2, 0) is 10.9 Å². The Morgan fingerprint density at radius 2 is 1.89 bits per heavy atom. The van der Waals surface area contributed by atoms with Crippen LogP contribution in [0.5, 0.6) is 0 Å². The van der Waals surface area contributed by atoms with Gasteiger partial charge in [-0.3, -0.25) is 4.79 Å². The Morgan fingerprint density at radius 1 is 1.25 bits per heavy atom. The zero-order valence-corrected chi connectivity index (χ0v) is 14.5. The van der Waals surface area contributed by atoms with Gasteiger partial charge in [-0.15, -0.1) is 0 Å². The van der Waals surface area contributed by atoms with Gasteiger partial charge in [0, 0.05) is 18.5 Å². The largest absolute Gasteiger partial charge is 0.453 e. The van der Waals surface area contributed by atoms with E-state index in [0.29, 0.717) is 18.6 Å². The van der Waals surface area contributed by atoms with Gasteiger partial charge in [-0.1, -0.05) is 0 Å². The molecule has 6 nitrogen and oxygen atoms in total. The number of nitrogens with zero attached hydrogens (tertiary/aromatic N) is 1. The van der Waals surface area contributed by atoms with E-state index in [2.05, 4.69) is 9.89 Å². The van der Waals surface area contributed by atoms with E-state index in [1.165, 1.54) is 11.0 Å². The number of piperidine rings is 1. The Kier molecular flexibility index (Phi) is 5.18. The van der Waals surface area contributed by atoms with Crippen molar-refractivity contribution in [1.29, 1.82) is 0 Å². The maximum Gasteiger partial charge on any atom is 0.422 e. The van der Waals surface area contributed by atoms with Crippen LogP contribution in [0.3, 0.4) is 0 Å². The minimum absolute atomic E-state index is 0.0696. The highest BCUT2D eigenvalue weighted by molar-refractivity contribution is 5.68. The number of hydrogen-bond acceptors (Lipinski definition) is 4. The number of methoxy groups -OCH3 is 1. The van der Waals surface area contributed by atoms with Crippen molar-refractivity contribution in [2.24, 2.45) is 0 Å². The number of aromatic amines is 1. The van der Waals surface area contributed by atoms with Crippen LogP contribution in [0.25, 0.3) is 0 Å². The molecule has 28 heavy (non-hydrogen) atoms. The van der Waals surface area contributed by atoms with Gasteiger partial charge in [-0.25, -0.2) is 13.6 Å². The van der Waals surface area contributed by atoms with Gasteiger partial charge in [0.15, 0.2) is 0 Å². The molecule has 1 fully saturated rings. The molecule has 11 heteroatoms. The monoisotopic (exact) mass is 406 g/mol. The summed E-state index contributed by atoms with van der Waals surface area (Å²) in [4.78, 5) is 24.5. The molecule has 0 spiro atoms. The van der Waals surface area contributed by atoms with Crippen LogP contribution in [-0.4, -0.2) is 29.8 Å². The number of amides is 1. The maximum absolute atomic E-state index is 14.0. The molecule has 1 aromatic carbocycles. The first-order chi connectivity index (χ1) is 13.1. The highest BCUT2D eigenvalue weighted by Crippen LogP contribution is 2.41. The third-order valence-electron chi connectivity index (χ3n) is 4.69. The number of carbonyl (C=O) groups is 1. The summed E-state index contributed by atoms with van der Waals surface area (Å²) in [6.45, 7) is 0.0845. The van der Waals surface area contributed by atoms with Gasteiger partial charge in [0.1, 0.15) is 23.0 Å². The molecule has 0 saturated carbocycles. The van der Waals surface area contributed by atoms with Crippen molar-refractivity contribution in [3.63, 3.8) is 0 Å². The molecule has 1 amide bonds. The predicted molar refractivity (Wildman–Crippen MR) is 84.5 cm³/mol. The van der Waals surface area contributed by atoms with Crippen molar-refractivity contribution in [2.45, 2.75) is 31.0 Å². The first kappa shape index (κ1) is 19.9. The smallest absolute Gasteiger partial charge is 0.422 e. The van der Waals surface area contributed by atoms with Gasteiger partial charge in [0.2, 0.25) is 0 Å². The molecule has 0 unspecified atom stereocenters. The van der Waals surface area contributed by atoms with E-state index in [1.807, 2.05) is 0 Å². The summed E-state index contributed by atoms with van der Waals surface area (Å²) in [5.74, 6) is -3.66. The Balaban J connectivity index is 2.01. The third-order valence-corrected chi connectivity index (χ3v) is 4.69. The van der Waals surface area contributed by atoms with E-state index >= 15 is 0 Å². The van der Waals surface area contributed by atoms with Gasteiger partial charge in [0.25, 0.3) is 5.56 Å². The zero-order valence-electron chi connectivity index (χ0n) is 14.5. The van der Waals surface area contributed by atoms with Crippen LogP contribution in [0.4, 0.5) is 26.7 Å². The lowest BCUT2D eigenvalue weighted by molar-refractivity contribution is -0.142. The van der Waals surface area contributed by atoms with E-state index in [0.717, 1.165) is 7.11 Å². The quantitative estimate of drug-likeness (QED) is 0.767. The number of rotatable bonds is 2. The normalized spacial score (nSPS) is 20.3. The summed E-state index contributed by atoms with van der Waals surface area (Å²) in [5.41, 5.74) is -2.63. The van der Waals surface area contributed by atoms with Crippen molar-refractivity contribution in [3.8, 4) is 0 Å². The summed E-state index contributed by atoms with van der Waals surface area (Å²) in [5, 5.41) is 2.13. The number of halogens is 5. The second-order valence-electron chi connectivity index (χ2n) is 6.37. The highest BCUT2D eigenvalue weighted by Gasteiger charge is 2.40. The summed E-state index contributed by atoms with van der Waals surface area (Å²) in [7, 11) is 1.12. The lowest BCUT2D eigenvalue weighted by Gasteiger charge is -2.38. The number of hydrogen-bond donors (Lipinski definition) is 1. The number of ether oxygens (including phenoxy) is 1. The number of alkyl halides is 3. The van der Waals surface area contributed by atoms with Crippen molar-refractivity contribution in [2.75, 3.05) is 13.7 Å². The number of benzene rings is 1. The van der Waals surface area contributed by atoms with Gasteiger partial charge in [0.05, 0.1) is 13.2 Å². The summed E-state index contributed by atoms with van der Waals surface area (Å²) >= 11 is 0. The van der Waals surface area contributed by atoms with E-state index in [4.69, 9.17) is 4.52 Å². The number of H-pyrrole nitrogens is 1. The molecule has 1 N–H and O–H groups in total. The van der Waals surface area contributed by atoms with E-state index in [9.17, 15) is 31.5 Å². The number of aromatic nitrogens is 1. The van der Waals surface area contributed by atoms with E-state index in [-0.39, 0.29) is 24.3 Å². The van der Waals surface area contributed by atoms with Crippen LogP contribution >= 0.6 is 0 Å². The fraction of sp³-hybridized carbons (Fsp3) is 0.412. The average Bonchev–Trinajstić information content (AvgIpc) is 3.05. The molecule has 0 radical (unpaired) electrons. The molecule has 2 heterocycles. The van der Waals surface area contributed by atoms with E-state index in [1.54, 1.807) is 0 Å².